The number of hydrogen-bond donors (Lipinski definition) is 1. The molecule has 25 heavy (non-hydrogen) atoms. The Morgan fingerprint density at radius 1 is 1.28 bits per heavy atom. The maximum Gasteiger partial charge on any atom is 0.264 e. The Bertz CT molecular complexity index is 739. The van der Waals surface area contributed by atoms with Crippen LogP contribution in [0.5, 0.6) is 0 Å². The first-order valence-corrected chi connectivity index (χ1v) is 11.0. The Balaban J connectivity index is 1.46. The van der Waals surface area contributed by atoms with E-state index in [4.69, 9.17) is 0 Å². The quantitative estimate of drug-likeness (QED) is 0.800. The van der Waals surface area contributed by atoms with Gasteiger partial charge in [0.25, 0.3) is 5.91 Å². The van der Waals surface area contributed by atoms with Crippen molar-refractivity contribution in [2.75, 3.05) is 44.2 Å². The number of nitrogens with one attached hydrogen (secondary N) is 1. The third kappa shape index (κ3) is 4.59. The summed E-state index contributed by atoms with van der Waals surface area (Å²) in [5, 5.41) is 4.76. The van der Waals surface area contributed by atoms with Gasteiger partial charge in [-0.3, -0.25) is 14.5 Å². The highest BCUT2D eigenvalue weighted by Gasteiger charge is 2.39. The molecule has 0 aliphatic carbocycles. The van der Waals surface area contributed by atoms with Crippen LogP contribution in [0.2, 0.25) is 0 Å². The highest BCUT2D eigenvalue weighted by Crippen LogP contribution is 2.22. The average molecular weight is 386 g/mol. The molecule has 0 radical (unpaired) electrons. The van der Waals surface area contributed by atoms with Crippen LogP contribution in [0.3, 0.4) is 0 Å². The summed E-state index contributed by atoms with van der Waals surface area (Å²) in [4.78, 5) is 29.1. The molecular formula is C16H23N3O4S2. The van der Waals surface area contributed by atoms with Gasteiger partial charge < -0.3 is 10.2 Å². The van der Waals surface area contributed by atoms with Crippen molar-refractivity contribution in [2.24, 2.45) is 0 Å². The first kappa shape index (κ1) is 18.3. The van der Waals surface area contributed by atoms with Gasteiger partial charge in [-0.25, -0.2) is 8.42 Å². The second kappa shape index (κ2) is 7.05. The molecule has 3 rings (SSSR count). The van der Waals surface area contributed by atoms with Crippen molar-refractivity contribution < 1.29 is 18.0 Å². The molecule has 2 amide bonds. The number of hydrogen-bond acceptors (Lipinski definition) is 6. The second-order valence-corrected chi connectivity index (χ2v) is 10.1. The van der Waals surface area contributed by atoms with E-state index in [0.717, 1.165) is 4.88 Å². The molecule has 2 aliphatic rings. The zero-order chi connectivity index (χ0) is 18.1. The molecule has 1 aromatic heterocycles. The molecule has 1 unspecified atom stereocenters. The molecule has 1 N–H and O–H groups in total. The van der Waals surface area contributed by atoms with Crippen LogP contribution >= 0.6 is 11.3 Å². The lowest BCUT2D eigenvalue weighted by Crippen LogP contribution is -2.54. The van der Waals surface area contributed by atoms with Gasteiger partial charge in [0, 0.05) is 26.2 Å². The highest BCUT2D eigenvalue weighted by molar-refractivity contribution is 7.91. The smallest absolute Gasteiger partial charge is 0.264 e. The Morgan fingerprint density at radius 2 is 2.00 bits per heavy atom. The molecule has 0 aromatic carbocycles. The maximum absolute atomic E-state index is 12.3. The van der Waals surface area contributed by atoms with E-state index < -0.39 is 15.4 Å². The van der Waals surface area contributed by atoms with Gasteiger partial charge in [-0.05, 0) is 24.8 Å². The average Bonchev–Trinajstić information content (AvgIpc) is 3.15. The van der Waals surface area contributed by atoms with Crippen molar-refractivity contribution in [2.45, 2.75) is 18.9 Å². The van der Waals surface area contributed by atoms with E-state index in [1.54, 1.807) is 6.92 Å². The first-order chi connectivity index (χ1) is 11.8. The summed E-state index contributed by atoms with van der Waals surface area (Å²) in [6, 6.07) is 3.69. The third-order valence-corrected chi connectivity index (χ3v) is 7.46. The molecule has 0 saturated carbocycles. The number of piperazine rings is 1. The zero-order valence-corrected chi connectivity index (χ0v) is 15.9. The lowest BCUT2D eigenvalue weighted by molar-refractivity contribution is -0.124. The number of carbonyl (C=O) groups excluding carboxylic acids is 2. The monoisotopic (exact) mass is 385 g/mol. The zero-order valence-electron chi connectivity index (χ0n) is 14.2. The van der Waals surface area contributed by atoms with E-state index >= 15 is 0 Å². The number of thiophene rings is 1. The highest BCUT2D eigenvalue weighted by atomic mass is 32.2. The van der Waals surface area contributed by atoms with Gasteiger partial charge in [0.1, 0.15) is 0 Å². The van der Waals surface area contributed by atoms with Crippen LogP contribution in [0, 0.1) is 0 Å². The van der Waals surface area contributed by atoms with E-state index in [9.17, 15) is 18.0 Å². The summed E-state index contributed by atoms with van der Waals surface area (Å²) in [6.45, 7) is 4.48. The van der Waals surface area contributed by atoms with Gasteiger partial charge in [-0.2, -0.15) is 0 Å². The Labute approximate surface area is 151 Å². The summed E-state index contributed by atoms with van der Waals surface area (Å²) in [5.41, 5.74) is -0.660. The van der Waals surface area contributed by atoms with E-state index in [2.05, 4.69) is 5.32 Å². The minimum absolute atomic E-state index is 0.00876. The SMILES string of the molecule is CC1(NC(=O)CN2CCN(C(=O)c3cccs3)CC2)CCS(=O)(=O)C1. The summed E-state index contributed by atoms with van der Waals surface area (Å²) >= 11 is 1.44. The van der Waals surface area contributed by atoms with Crippen molar-refractivity contribution in [1.29, 1.82) is 0 Å². The minimum Gasteiger partial charge on any atom is -0.349 e. The van der Waals surface area contributed by atoms with E-state index in [1.165, 1.54) is 11.3 Å². The molecule has 1 atom stereocenters. The molecule has 7 nitrogen and oxygen atoms in total. The lowest BCUT2D eigenvalue weighted by Gasteiger charge is -2.35. The van der Waals surface area contributed by atoms with Crippen LogP contribution in [-0.2, 0) is 14.6 Å². The largest absolute Gasteiger partial charge is 0.349 e. The molecule has 0 bridgehead atoms. The van der Waals surface area contributed by atoms with Crippen LogP contribution in [0.15, 0.2) is 17.5 Å². The molecule has 2 aliphatic heterocycles. The predicted molar refractivity (Wildman–Crippen MR) is 96.5 cm³/mol. The first-order valence-electron chi connectivity index (χ1n) is 8.33. The Hall–Kier alpha value is -1.45. The maximum atomic E-state index is 12.3. The van der Waals surface area contributed by atoms with E-state index in [-0.39, 0.29) is 29.9 Å². The van der Waals surface area contributed by atoms with Gasteiger partial charge in [-0.15, -0.1) is 11.3 Å². The topological polar surface area (TPSA) is 86.8 Å². The summed E-state index contributed by atoms with van der Waals surface area (Å²) < 4.78 is 23.2. The normalized spacial score (nSPS) is 26.5. The van der Waals surface area contributed by atoms with Gasteiger partial charge in [0.15, 0.2) is 9.84 Å². The molecule has 2 saturated heterocycles. The number of amides is 2. The Kier molecular flexibility index (Phi) is 5.17. The summed E-state index contributed by atoms with van der Waals surface area (Å²) in [5.74, 6) is 0.0303. The van der Waals surface area contributed by atoms with Crippen LogP contribution < -0.4 is 5.32 Å². The van der Waals surface area contributed by atoms with Crippen molar-refractivity contribution in [3.8, 4) is 0 Å². The lowest BCUT2D eigenvalue weighted by atomic mass is 10.0. The molecular weight excluding hydrogens is 362 g/mol. The fraction of sp³-hybridized carbons (Fsp3) is 0.625. The molecule has 2 fully saturated rings. The molecule has 3 heterocycles. The van der Waals surface area contributed by atoms with Crippen LogP contribution in [0.1, 0.15) is 23.0 Å². The second-order valence-electron chi connectivity index (χ2n) is 7.00. The Morgan fingerprint density at radius 3 is 2.56 bits per heavy atom. The van der Waals surface area contributed by atoms with E-state index in [0.29, 0.717) is 32.6 Å². The van der Waals surface area contributed by atoms with Crippen LogP contribution in [0.4, 0.5) is 0 Å². The van der Waals surface area contributed by atoms with Crippen molar-refractivity contribution in [3.05, 3.63) is 22.4 Å². The fourth-order valence-corrected chi connectivity index (χ4v) is 6.14. The van der Waals surface area contributed by atoms with E-state index in [1.807, 2.05) is 27.3 Å². The van der Waals surface area contributed by atoms with Gasteiger partial charge in [0.2, 0.25) is 5.91 Å². The third-order valence-electron chi connectivity index (χ3n) is 4.70. The van der Waals surface area contributed by atoms with Crippen LogP contribution in [-0.4, -0.2) is 79.8 Å². The molecule has 1 aromatic rings. The fourth-order valence-electron chi connectivity index (χ4n) is 3.35. The summed E-state index contributed by atoms with van der Waals surface area (Å²) in [6.07, 6.45) is 0.462. The van der Waals surface area contributed by atoms with Crippen molar-refractivity contribution in [1.82, 2.24) is 15.1 Å². The molecule has 138 valence electrons. The van der Waals surface area contributed by atoms with Gasteiger partial charge >= 0.3 is 0 Å². The predicted octanol–water partition coefficient (Wildman–Crippen LogP) is 0.199. The molecule has 9 heteroatoms. The number of carbonyl (C=O) groups is 2. The van der Waals surface area contributed by atoms with Crippen molar-refractivity contribution >= 4 is 33.0 Å². The van der Waals surface area contributed by atoms with Crippen LogP contribution in [0.25, 0.3) is 0 Å². The number of sulfone groups is 1. The van der Waals surface area contributed by atoms with Gasteiger partial charge in [0.05, 0.1) is 28.5 Å². The number of rotatable bonds is 4. The minimum atomic E-state index is -3.04. The molecule has 0 spiro atoms. The van der Waals surface area contributed by atoms with Crippen molar-refractivity contribution in [3.63, 3.8) is 0 Å². The summed E-state index contributed by atoms with van der Waals surface area (Å²) in [7, 11) is -3.04. The standard InChI is InChI=1S/C16H23N3O4S2/c1-16(4-10-25(22,23)12-16)17-14(20)11-18-5-7-19(8-6-18)15(21)13-3-2-9-24-13/h2-3,9H,4-8,10-12H2,1H3,(H,17,20). The van der Waals surface area contributed by atoms with Gasteiger partial charge in [-0.1, -0.05) is 6.07 Å². The number of nitrogens with zero attached hydrogens (tertiary/aromatic N) is 2.